The van der Waals surface area contributed by atoms with Crippen molar-refractivity contribution in [3.05, 3.63) is 41.5 Å². The van der Waals surface area contributed by atoms with Crippen LogP contribution in [0, 0.1) is 12.8 Å². The molecule has 3 aromatic rings. The summed E-state index contributed by atoms with van der Waals surface area (Å²) in [5.74, 6) is 0.725. The first-order valence-corrected chi connectivity index (χ1v) is 9.41. The molecule has 6 rings (SSSR count). The first kappa shape index (κ1) is 16.0. The van der Waals surface area contributed by atoms with Crippen LogP contribution in [0.4, 0.5) is 0 Å². The summed E-state index contributed by atoms with van der Waals surface area (Å²) in [5, 5.41) is 8.09. The molecule has 2 bridgehead atoms. The Hall–Kier alpha value is -2.25. The fourth-order valence-corrected chi connectivity index (χ4v) is 4.57. The lowest BCUT2D eigenvalue weighted by Gasteiger charge is -2.36. The van der Waals surface area contributed by atoms with Crippen LogP contribution in [0.3, 0.4) is 0 Å². The van der Waals surface area contributed by atoms with Gasteiger partial charge in [-0.2, -0.15) is 0 Å². The van der Waals surface area contributed by atoms with Crippen molar-refractivity contribution in [3.8, 4) is 0 Å². The summed E-state index contributed by atoms with van der Waals surface area (Å²) in [6.45, 7) is 7.39. The molecule has 0 unspecified atom stereocenters. The van der Waals surface area contributed by atoms with Crippen LogP contribution >= 0.6 is 0 Å². The SMILES string of the molecule is Cc1[nH]cnc1CN1C[C@H]2CC[C@@H](C1)N(Cc1cccc3nonc13)C2. The maximum absolute atomic E-state index is 4.93. The summed E-state index contributed by atoms with van der Waals surface area (Å²) >= 11 is 0. The number of aryl methyl sites for hydroxylation is 1. The zero-order valence-corrected chi connectivity index (χ0v) is 15.1. The van der Waals surface area contributed by atoms with E-state index in [4.69, 9.17) is 4.63 Å². The predicted molar refractivity (Wildman–Crippen MR) is 97.3 cm³/mol. The van der Waals surface area contributed by atoms with Crippen molar-refractivity contribution in [1.82, 2.24) is 30.1 Å². The Morgan fingerprint density at radius 1 is 1.15 bits per heavy atom. The lowest BCUT2D eigenvalue weighted by Crippen LogP contribution is -2.43. The highest BCUT2D eigenvalue weighted by Gasteiger charge is 2.35. The van der Waals surface area contributed by atoms with E-state index in [1.807, 2.05) is 12.1 Å². The fourth-order valence-electron chi connectivity index (χ4n) is 4.57. The second-order valence-electron chi connectivity index (χ2n) is 7.74. The van der Waals surface area contributed by atoms with Crippen LogP contribution in [0.2, 0.25) is 0 Å². The van der Waals surface area contributed by atoms with Crippen LogP contribution in [0.1, 0.15) is 29.8 Å². The number of nitrogens with one attached hydrogen (secondary N) is 1. The second kappa shape index (κ2) is 6.48. The zero-order chi connectivity index (χ0) is 17.5. The average molecular weight is 352 g/mol. The molecule has 3 fully saturated rings. The summed E-state index contributed by atoms with van der Waals surface area (Å²) < 4.78 is 4.93. The number of nitrogens with zero attached hydrogens (tertiary/aromatic N) is 5. The molecule has 2 aromatic heterocycles. The molecule has 0 saturated carbocycles. The van der Waals surface area contributed by atoms with Crippen molar-refractivity contribution in [2.24, 2.45) is 5.92 Å². The maximum Gasteiger partial charge on any atom is 0.139 e. The summed E-state index contributed by atoms with van der Waals surface area (Å²) in [4.78, 5) is 12.9. The molecule has 26 heavy (non-hydrogen) atoms. The number of aromatic nitrogens is 4. The second-order valence-corrected chi connectivity index (χ2v) is 7.74. The molecule has 7 nitrogen and oxygen atoms in total. The lowest BCUT2D eigenvalue weighted by atomic mass is 9.94. The van der Waals surface area contributed by atoms with Gasteiger partial charge in [0.2, 0.25) is 0 Å². The number of hydrogen-bond donors (Lipinski definition) is 1. The molecule has 3 aliphatic rings. The summed E-state index contributed by atoms with van der Waals surface area (Å²) in [6, 6.07) is 6.74. The Labute approximate surface area is 152 Å². The smallest absolute Gasteiger partial charge is 0.139 e. The molecular weight excluding hydrogens is 328 g/mol. The van der Waals surface area contributed by atoms with Crippen LogP contribution in [0.25, 0.3) is 11.0 Å². The van der Waals surface area contributed by atoms with Crippen LogP contribution in [0.5, 0.6) is 0 Å². The van der Waals surface area contributed by atoms with E-state index in [1.165, 1.54) is 29.8 Å². The third kappa shape index (κ3) is 2.91. The largest absolute Gasteiger partial charge is 0.348 e. The molecule has 1 N–H and O–H groups in total. The van der Waals surface area contributed by atoms with E-state index in [-0.39, 0.29) is 0 Å². The Morgan fingerprint density at radius 3 is 3.00 bits per heavy atom. The van der Waals surface area contributed by atoms with E-state index < -0.39 is 0 Å². The molecule has 0 amide bonds. The monoisotopic (exact) mass is 352 g/mol. The van der Waals surface area contributed by atoms with Crippen LogP contribution in [-0.2, 0) is 13.1 Å². The van der Waals surface area contributed by atoms with Gasteiger partial charge in [-0.15, -0.1) is 0 Å². The van der Waals surface area contributed by atoms with Crippen molar-refractivity contribution in [2.75, 3.05) is 19.6 Å². The van der Waals surface area contributed by atoms with Crippen LogP contribution in [-0.4, -0.2) is 55.8 Å². The van der Waals surface area contributed by atoms with Gasteiger partial charge in [0, 0.05) is 44.5 Å². The summed E-state index contributed by atoms with van der Waals surface area (Å²) in [7, 11) is 0. The van der Waals surface area contributed by atoms with E-state index in [0.717, 1.165) is 49.7 Å². The number of piperidine rings is 1. The molecule has 0 radical (unpaired) electrons. The van der Waals surface area contributed by atoms with Crippen molar-refractivity contribution < 1.29 is 4.63 Å². The number of hydrogen-bond acceptors (Lipinski definition) is 6. The van der Waals surface area contributed by atoms with Crippen molar-refractivity contribution in [1.29, 1.82) is 0 Å². The quantitative estimate of drug-likeness (QED) is 0.777. The van der Waals surface area contributed by atoms with Gasteiger partial charge in [-0.25, -0.2) is 9.61 Å². The van der Waals surface area contributed by atoms with Gasteiger partial charge in [-0.05, 0) is 47.6 Å². The number of benzene rings is 1. The minimum atomic E-state index is 0.586. The number of aromatic amines is 1. The average Bonchev–Trinajstić information content (AvgIpc) is 3.18. The van der Waals surface area contributed by atoms with Gasteiger partial charge in [0.05, 0.1) is 12.0 Å². The first-order valence-electron chi connectivity index (χ1n) is 9.41. The molecule has 2 atom stereocenters. The molecule has 136 valence electrons. The molecule has 0 aliphatic carbocycles. The van der Waals surface area contributed by atoms with Crippen molar-refractivity contribution in [3.63, 3.8) is 0 Å². The maximum atomic E-state index is 4.93. The highest BCUT2D eigenvalue weighted by atomic mass is 16.6. The molecule has 5 heterocycles. The van der Waals surface area contributed by atoms with Crippen LogP contribution < -0.4 is 0 Å². The molecule has 0 spiro atoms. The summed E-state index contributed by atoms with van der Waals surface area (Å²) in [5.41, 5.74) is 5.32. The summed E-state index contributed by atoms with van der Waals surface area (Å²) in [6.07, 6.45) is 4.40. The van der Waals surface area contributed by atoms with Gasteiger partial charge in [-0.1, -0.05) is 12.1 Å². The Morgan fingerprint density at radius 2 is 2.12 bits per heavy atom. The molecule has 7 heteroatoms. The molecular formula is C19H24N6O. The number of H-pyrrole nitrogens is 1. The number of fused-ring (bicyclic) bond motifs is 5. The van der Waals surface area contributed by atoms with Gasteiger partial charge >= 0.3 is 0 Å². The number of rotatable bonds is 4. The Kier molecular flexibility index (Phi) is 3.98. The fraction of sp³-hybridized carbons (Fsp3) is 0.526. The van der Waals surface area contributed by atoms with Gasteiger partial charge in [0.15, 0.2) is 0 Å². The van der Waals surface area contributed by atoms with E-state index in [2.05, 4.69) is 43.1 Å². The van der Waals surface area contributed by atoms with E-state index in [1.54, 1.807) is 6.33 Å². The molecule has 1 aromatic carbocycles. The van der Waals surface area contributed by atoms with Gasteiger partial charge in [0.1, 0.15) is 11.0 Å². The Balaban J connectivity index is 1.34. The normalized spacial score (nSPS) is 24.3. The van der Waals surface area contributed by atoms with E-state index in [0.29, 0.717) is 6.04 Å². The van der Waals surface area contributed by atoms with E-state index >= 15 is 0 Å². The van der Waals surface area contributed by atoms with Gasteiger partial charge in [-0.3, -0.25) is 9.80 Å². The van der Waals surface area contributed by atoms with Crippen molar-refractivity contribution in [2.45, 2.75) is 38.9 Å². The van der Waals surface area contributed by atoms with E-state index in [9.17, 15) is 0 Å². The third-order valence-electron chi connectivity index (χ3n) is 5.95. The van der Waals surface area contributed by atoms with Gasteiger partial charge < -0.3 is 4.98 Å². The predicted octanol–water partition coefficient (Wildman–Crippen LogP) is 2.35. The van der Waals surface area contributed by atoms with Gasteiger partial charge in [0.25, 0.3) is 0 Å². The Bertz CT molecular complexity index is 902. The van der Waals surface area contributed by atoms with Crippen molar-refractivity contribution >= 4 is 11.0 Å². The first-order chi connectivity index (χ1) is 12.8. The number of imidazole rings is 1. The van der Waals surface area contributed by atoms with Crippen LogP contribution in [0.15, 0.2) is 29.2 Å². The molecule has 3 saturated heterocycles. The minimum Gasteiger partial charge on any atom is -0.348 e. The molecule has 3 aliphatic heterocycles. The zero-order valence-electron chi connectivity index (χ0n) is 15.1. The standard InChI is InChI=1S/C19H24N6O/c1-13-18(21-12-20-13)11-24-7-14-5-6-16(10-24)25(8-14)9-15-3-2-4-17-19(15)23-26-22-17/h2-4,12,14,16H,5-11H2,1H3,(H,20,21)/t14-,16+/m1/s1. The highest BCUT2D eigenvalue weighted by Crippen LogP contribution is 2.30. The topological polar surface area (TPSA) is 74.1 Å². The lowest BCUT2D eigenvalue weighted by molar-refractivity contribution is 0.123. The minimum absolute atomic E-state index is 0.586. The highest BCUT2D eigenvalue weighted by molar-refractivity contribution is 5.76. The third-order valence-corrected chi connectivity index (χ3v) is 5.95.